The Balaban J connectivity index is 2.38. The first-order valence-corrected chi connectivity index (χ1v) is 6.44. The number of nitrogens with two attached hydrogens (primary N) is 1. The zero-order chi connectivity index (χ0) is 13.4. The van der Waals surface area contributed by atoms with Gasteiger partial charge in [-0.3, -0.25) is 4.79 Å². The number of benzene rings is 1. The molecule has 0 aliphatic rings. The average Bonchev–Trinajstić information content (AvgIpc) is 2.37. The number of anilines is 1. The predicted octanol–water partition coefficient (Wildman–Crippen LogP) is 2.34. The molecule has 0 saturated carbocycles. The van der Waals surface area contributed by atoms with Crippen molar-refractivity contribution in [2.45, 2.75) is 39.2 Å². The van der Waals surface area contributed by atoms with E-state index >= 15 is 0 Å². The molecule has 0 heterocycles. The van der Waals surface area contributed by atoms with Crippen molar-refractivity contribution in [1.29, 1.82) is 0 Å². The maximum Gasteiger partial charge on any atom is 0.260 e. The Kier molecular flexibility index (Phi) is 6.05. The molecule has 100 valence electrons. The van der Waals surface area contributed by atoms with Gasteiger partial charge in [0.2, 0.25) is 0 Å². The van der Waals surface area contributed by atoms with Gasteiger partial charge in [-0.15, -0.1) is 0 Å². The topological polar surface area (TPSA) is 64.3 Å². The molecule has 1 rings (SSSR count). The largest absolute Gasteiger partial charge is 0.479 e. The van der Waals surface area contributed by atoms with Crippen molar-refractivity contribution in [1.82, 2.24) is 5.32 Å². The van der Waals surface area contributed by atoms with E-state index in [0.717, 1.165) is 19.3 Å². The van der Waals surface area contributed by atoms with Crippen LogP contribution in [0.4, 0.5) is 5.69 Å². The number of para-hydroxylation sites is 2. The lowest BCUT2D eigenvalue weighted by molar-refractivity contribution is -0.127. The minimum atomic E-state index is -0.531. The van der Waals surface area contributed by atoms with Gasteiger partial charge in [0.15, 0.2) is 6.10 Å². The normalized spacial score (nSPS) is 11.9. The summed E-state index contributed by atoms with van der Waals surface area (Å²) in [5.74, 6) is 0.447. The van der Waals surface area contributed by atoms with Gasteiger partial charge in [0, 0.05) is 6.54 Å². The second-order valence-electron chi connectivity index (χ2n) is 4.30. The van der Waals surface area contributed by atoms with Crippen LogP contribution in [0.25, 0.3) is 0 Å². The lowest BCUT2D eigenvalue weighted by atomic mass is 10.2. The van der Waals surface area contributed by atoms with Gasteiger partial charge in [0.1, 0.15) is 5.75 Å². The van der Waals surface area contributed by atoms with E-state index in [1.165, 1.54) is 0 Å². The molecule has 0 aliphatic carbocycles. The lowest BCUT2D eigenvalue weighted by Gasteiger charge is -2.15. The van der Waals surface area contributed by atoms with E-state index in [4.69, 9.17) is 10.5 Å². The first-order chi connectivity index (χ1) is 8.65. The van der Waals surface area contributed by atoms with Crippen molar-refractivity contribution >= 4 is 11.6 Å². The first kappa shape index (κ1) is 14.4. The van der Waals surface area contributed by atoms with Gasteiger partial charge in [-0.25, -0.2) is 0 Å². The van der Waals surface area contributed by atoms with Crippen LogP contribution in [0.1, 0.15) is 33.1 Å². The zero-order valence-corrected chi connectivity index (χ0v) is 11.1. The van der Waals surface area contributed by atoms with E-state index in [1.54, 1.807) is 19.1 Å². The molecule has 0 aliphatic heterocycles. The van der Waals surface area contributed by atoms with Crippen molar-refractivity contribution in [2.75, 3.05) is 12.3 Å². The van der Waals surface area contributed by atoms with Gasteiger partial charge in [-0.2, -0.15) is 0 Å². The Labute approximate surface area is 109 Å². The van der Waals surface area contributed by atoms with Gasteiger partial charge in [-0.05, 0) is 25.5 Å². The molecule has 1 amide bonds. The van der Waals surface area contributed by atoms with Crippen LogP contribution in [0.5, 0.6) is 5.75 Å². The number of nitrogens with one attached hydrogen (secondary N) is 1. The average molecular weight is 250 g/mol. The summed E-state index contributed by atoms with van der Waals surface area (Å²) in [4.78, 5) is 11.7. The smallest absolute Gasteiger partial charge is 0.260 e. The lowest BCUT2D eigenvalue weighted by Crippen LogP contribution is -2.36. The summed E-state index contributed by atoms with van der Waals surface area (Å²) in [6.45, 7) is 4.55. The summed E-state index contributed by atoms with van der Waals surface area (Å²) in [6, 6.07) is 7.17. The van der Waals surface area contributed by atoms with E-state index in [9.17, 15) is 4.79 Å². The highest BCUT2D eigenvalue weighted by Gasteiger charge is 2.14. The maximum atomic E-state index is 11.7. The highest BCUT2D eigenvalue weighted by molar-refractivity contribution is 5.80. The van der Waals surface area contributed by atoms with Crippen molar-refractivity contribution in [3.8, 4) is 5.75 Å². The van der Waals surface area contributed by atoms with E-state index in [2.05, 4.69) is 12.2 Å². The molecule has 0 fully saturated rings. The van der Waals surface area contributed by atoms with Crippen molar-refractivity contribution in [3.63, 3.8) is 0 Å². The van der Waals surface area contributed by atoms with Crippen molar-refractivity contribution in [2.24, 2.45) is 0 Å². The van der Waals surface area contributed by atoms with Crippen LogP contribution in [0.15, 0.2) is 24.3 Å². The van der Waals surface area contributed by atoms with Gasteiger partial charge < -0.3 is 15.8 Å². The summed E-state index contributed by atoms with van der Waals surface area (Å²) in [6.07, 6.45) is 2.74. The van der Waals surface area contributed by atoms with Gasteiger partial charge in [0.05, 0.1) is 5.69 Å². The Morgan fingerprint density at radius 3 is 2.78 bits per heavy atom. The second-order valence-corrected chi connectivity index (χ2v) is 4.30. The van der Waals surface area contributed by atoms with Crippen molar-refractivity contribution in [3.05, 3.63) is 24.3 Å². The van der Waals surface area contributed by atoms with Crippen LogP contribution in [-0.2, 0) is 4.79 Å². The van der Waals surface area contributed by atoms with Gasteiger partial charge in [-0.1, -0.05) is 31.9 Å². The number of hydrogen-bond acceptors (Lipinski definition) is 3. The van der Waals surface area contributed by atoms with Crippen LogP contribution >= 0.6 is 0 Å². The van der Waals surface area contributed by atoms with Crippen LogP contribution in [0, 0.1) is 0 Å². The Morgan fingerprint density at radius 1 is 1.39 bits per heavy atom. The highest BCUT2D eigenvalue weighted by Crippen LogP contribution is 2.20. The molecular weight excluding hydrogens is 228 g/mol. The number of carbonyl (C=O) groups is 1. The molecule has 18 heavy (non-hydrogen) atoms. The Hall–Kier alpha value is -1.71. The number of amides is 1. The molecule has 1 unspecified atom stereocenters. The third-order valence-corrected chi connectivity index (χ3v) is 2.67. The SMILES string of the molecule is CCCCCNC(=O)C(C)Oc1ccccc1N. The molecule has 3 N–H and O–H groups in total. The molecule has 4 heteroatoms. The summed E-state index contributed by atoms with van der Waals surface area (Å²) < 4.78 is 5.53. The van der Waals surface area contributed by atoms with E-state index < -0.39 is 6.10 Å². The molecule has 1 aromatic carbocycles. The van der Waals surface area contributed by atoms with Gasteiger partial charge >= 0.3 is 0 Å². The first-order valence-electron chi connectivity index (χ1n) is 6.44. The molecule has 0 saturated heterocycles. The number of carbonyl (C=O) groups excluding carboxylic acids is 1. The second kappa shape index (κ2) is 7.58. The van der Waals surface area contributed by atoms with E-state index in [-0.39, 0.29) is 5.91 Å². The molecule has 0 aromatic heterocycles. The maximum absolute atomic E-state index is 11.7. The third kappa shape index (κ3) is 4.65. The summed E-state index contributed by atoms with van der Waals surface area (Å²) >= 11 is 0. The number of rotatable bonds is 7. The molecule has 0 radical (unpaired) electrons. The molecule has 1 atom stereocenters. The van der Waals surface area contributed by atoms with E-state index in [1.807, 2.05) is 12.1 Å². The fourth-order valence-corrected chi connectivity index (χ4v) is 1.56. The van der Waals surface area contributed by atoms with E-state index in [0.29, 0.717) is 18.0 Å². The standard InChI is InChI=1S/C14H22N2O2/c1-3-4-7-10-16-14(17)11(2)18-13-9-6-5-8-12(13)15/h5-6,8-9,11H,3-4,7,10,15H2,1-2H3,(H,16,17). The highest BCUT2D eigenvalue weighted by atomic mass is 16.5. The van der Waals surface area contributed by atoms with Crippen LogP contribution in [0.3, 0.4) is 0 Å². The number of ether oxygens (including phenoxy) is 1. The Bertz CT molecular complexity index is 380. The van der Waals surface area contributed by atoms with Crippen molar-refractivity contribution < 1.29 is 9.53 Å². The molecule has 0 spiro atoms. The van der Waals surface area contributed by atoms with Crippen LogP contribution in [0.2, 0.25) is 0 Å². The number of unbranched alkanes of at least 4 members (excludes halogenated alkanes) is 2. The third-order valence-electron chi connectivity index (χ3n) is 2.67. The minimum absolute atomic E-state index is 0.102. The minimum Gasteiger partial charge on any atom is -0.479 e. The number of nitrogen functional groups attached to an aromatic ring is 1. The van der Waals surface area contributed by atoms with Crippen LogP contribution < -0.4 is 15.8 Å². The van der Waals surface area contributed by atoms with Crippen LogP contribution in [-0.4, -0.2) is 18.6 Å². The summed E-state index contributed by atoms with van der Waals surface area (Å²) in [5.41, 5.74) is 6.30. The van der Waals surface area contributed by atoms with Gasteiger partial charge in [0.25, 0.3) is 5.91 Å². The summed E-state index contributed by atoms with van der Waals surface area (Å²) in [7, 11) is 0. The fraction of sp³-hybridized carbons (Fsp3) is 0.500. The Morgan fingerprint density at radius 2 is 2.11 bits per heavy atom. The molecule has 0 bridgehead atoms. The zero-order valence-electron chi connectivity index (χ0n) is 11.1. The molecular formula is C14H22N2O2. The number of hydrogen-bond donors (Lipinski definition) is 2. The molecule has 1 aromatic rings. The fourth-order valence-electron chi connectivity index (χ4n) is 1.56. The monoisotopic (exact) mass is 250 g/mol. The summed E-state index contributed by atoms with van der Waals surface area (Å²) in [5, 5.41) is 2.85. The predicted molar refractivity (Wildman–Crippen MR) is 73.5 cm³/mol. The quantitative estimate of drug-likeness (QED) is 0.576. The molecule has 4 nitrogen and oxygen atoms in total.